The van der Waals surface area contributed by atoms with Crippen LogP contribution in [0.3, 0.4) is 0 Å². The molecule has 0 amide bonds. The topological polar surface area (TPSA) is 109 Å². The van der Waals surface area contributed by atoms with Crippen LogP contribution in [0.25, 0.3) is 21.5 Å². The molecule has 150 valence electrons. The lowest BCUT2D eigenvalue weighted by atomic mass is 10.1. The number of aryl methyl sites for hydroxylation is 1. The van der Waals surface area contributed by atoms with Crippen LogP contribution in [0.5, 0.6) is 0 Å². The molecule has 0 radical (unpaired) electrons. The van der Waals surface area contributed by atoms with E-state index in [2.05, 4.69) is 0 Å². The Kier molecular flexibility index (Phi) is 5.72. The second-order valence-electron chi connectivity index (χ2n) is 6.36. The van der Waals surface area contributed by atoms with Gasteiger partial charge in [0, 0.05) is 10.8 Å². The average molecular weight is 431 g/mol. The van der Waals surface area contributed by atoms with Crippen molar-refractivity contribution in [2.45, 2.75) is 16.7 Å². The third kappa shape index (κ3) is 4.63. The lowest BCUT2D eigenvalue weighted by Gasteiger charge is -2.06. The fourth-order valence-electron chi connectivity index (χ4n) is 3.12. The number of fused-ring (bicyclic) bond motifs is 2. The maximum absolute atomic E-state index is 11.2. The van der Waals surface area contributed by atoms with Gasteiger partial charge in [-0.25, -0.2) is 0 Å². The number of hydrogen-bond donors (Lipinski definition) is 2. The number of hydrogen-bond acceptors (Lipinski definition) is 4. The fraction of sp³-hybridized carbons (Fsp3) is 0.0476. The molecule has 0 spiro atoms. The summed E-state index contributed by atoms with van der Waals surface area (Å²) >= 11 is 0. The van der Waals surface area contributed by atoms with E-state index in [4.69, 9.17) is 9.11 Å². The van der Waals surface area contributed by atoms with Crippen LogP contribution in [0.4, 0.5) is 0 Å². The van der Waals surface area contributed by atoms with E-state index in [0.717, 1.165) is 10.8 Å². The van der Waals surface area contributed by atoms with Crippen molar-refractivity contribution in [2.24, 2.45) is 0 Å². The summed E-state index contributed by atoms with van der Waals surface area (Å²) in [6, 6.07) is 22.4. The first-order valence-corrected chi connectivity index (χ1v) is 11.4. The maximum Gasteiger partial charge on any atom is 0.295 e. The quantitative estimate of drug-likeness (QED) is 0.454. The van der Waals surface area contributed by atoms with Gasteiger partial charge in [-0.15, -0.1) is 0 Å². The highest BCUT2D eigenvalue weighted by molar-refractivity contribution is 7.86. The minimum Gasteiger partial charge on any atom is -0.282 e. The van der Waals surface area contributed by atoms with Gasteiger partial charge in [0.1, 0.15) is 9.79 Å². The highest BCUT2D eigenvalue weighted by Crippen LogP contribution is 2.26. The smallest absolute Gasteiger partial charge is 0.282 e. The van der Waals surface area contributed by atoms with Gasteiger partial charge in [0.2, 0.25) is 0 Å². The SMILES string of the molecule is Cc1ccc2ccccc2c1S(=O)(=O)O.O=S(=O)(O)c1cccc2ccccc12. The second-order valence-corrected chi connectivity index (χ2v) is 9.11. The van der Waals surface area contributed by atoms with Crippen molar-refractivity contribution in [3.05, 3.63) is 84.4 Å². The molecule has 0 aliphatic carbocycles. The fourth-order valence-corrected chi connectivity index (χ4v) is 4.77. The van der Waals surface area contributed by atoms with Gasteiger partial charge in [-0.2, -0.15) is 16.8 Å². The van der Waals surface area contributed by atoms with E-state index in [0.29, 0.717) is 16.3 Å². The molecule has 0 heterocycles. The summed E-state index contributed by atoms with van der Waals surface area (Å²) in [7, 11) is -8.29. The van der Waals surface area contributed by atoms with Crippen LogP contribution < -0.4 is 0 Å². The van der Waals surface area contributed by atoms with Gasteiger partial charge in [0.05, 0.1) is 0 Å². The number of rotatable bonds is 2. The molecular weight excluding hydrogens is 412 g/mol. The Morgan fingerprint density at radius 2 is 1.10 bits per heavy atom. The summed E-state index contributed by atoms with van der Waals surface area (Å²) in [4.78, 5) is -0.0452. The average Bonchev–Trinajstić information content (AvgIpc) is 2.66. The minimum atomic E-state index is -4.16. The van der Waals surface area contributed by atoms with Crippen LogP contribution in [-0.4, -0.2) is 25.9 Å². The molecular formula is C21H18O6S2. The Balaban J connectivity index is 0.000000166. The van der Waals surface area contributed by atoms with Gasteiger partial charge >= 0.3 is 0 Å². The zero-order chi connectivity index (χ0) is 21.2. The molecule has 0 saturated heterocycles. The second kappa shape index (κ2) is 7.92. The Hall–Kier alpha value is -2.78. The molecule has 0 unspecified atom stereocenters. The van der Waals surface area contributed by atoms with Crippen LogP contribution in [0.15, 0.2) is 88.7 Å². The van der Waals surface area contributed by atoms with E-state index in [-0.39, 0.29) is 9.79 Å². The van der Waals surface area contributed by atoms with Crippen molar-refractivity contribution in [3.63, 3.8) is 0 Å². The summed E-state index contributed by atoms with van der Waals surface area (Å²) < 4.78 is 62.6. The first-order valence-electron chi connectivity index (χ1n) is 8.50. The predicted octanol–water partition coefficient (Wildman–Crippen LogP) is 4.48. The van der Waals surface area contributed by atoms with Gasteiger partial charge in [0.25, 0.3) is 20.2 Å². The Labute approximate surface area is 168 Å². The zero-order valence-electron chi connectivity index (χ0n) is 15.3. The van der Waals surface area contributed by atoms with Crippen LogP contribution in [-0.2, 0) is 20.2 Å². The Morgan fingerprint density at radius 3 is 1.69 bits per heavy atom. The lowest BCUT2D eigenvalue weighted by Crippen LogP contribution is -2.01. The standard InChI is InChI=1S/C11H10O3S.C10H8O3S/c1-8-6-7-9-4-2-3-5-10(9)11(8)15(12,13)14;11-14(12,13)10-7-3-5-8-4-1-2-6-9(8)10/h2-7H,1H3,(H,12,13,14);1-7H,(H,11,12,13). The Morgan fingerprint density at radius 1 is 0.586 bits per heavy atom. The van der Waals surface area contributed by atoms with Crippen LogP contribution in [0, 0.1) is 6.92 Å². The monoisotopic (exact) mass is 430 g/mol. The van der Waals surface area contributed by atoms with Crippen molar-refractivity contribution in [1.29, 1.82) is 0 Å². The van der Waals surface area contributed by atoms with Crippen molar-refractivity contribution < 1.29 is 25.9 Å². The lowest BCUT2D eigenvalue weighted by molar-refractivity contribution is 0.481. The van der Waals surface area contributed by atoms with E-state index in [1.165, 1.54) is 6.07 Å². The van der Waals surface area contributed by atoms with Gasteiger partial charge in [0.15, 0.2) is 0 Å². The normalized spacial score (nSPS) is 11.8. The summed E-state index contributed by atoms with van der Waals surface area (Å²) in [5.74, 6) is 0. The molecule has 4 aromatic rings. The molecule has 4 rings (SSSR count). The van der Waals surface area contributed by atoms with Gasteiger partial charge in [-0.3, -0.25) is 9.11 Å². The van der Waals surface area contributed by atoms with Crippen molar-refractivity contribution in [1.82, 2.24) is 0 Å². The summed E-state index contributed by atoms with van der Waals surface area (Å²) in [5, 5.41) is 2.69. The minimum absolute atomic E-state index is 0.000556. The Bertz CT molecular complexity index is 1400. The third-order valence-corrected chi connectivity index (χ3v) is 6.33. The van der Waals surface area contributed by atoms with Gasteiger partial charge < -0.3 is 0 Å². The molecule has 29 heavy (non-hydrogen) atoms. The molecule has 2 N–H and O–H groups in total. The highest BCUT2D eigenvalue weighted by Gasteiger charge is 2.16. The van der Waals surface area contributed by atoms with E-state index < -0.39 is 20.2 Å². The van der Waals surface area contributed by atoms with Crippen molar-refractivity contribution in [2.75, 3.05) is 0 Å². The van der Waals surface area contributed by atoms with E-state index in [9.17, 15) is 16.8 Å². The molecule has 0 fully saturated rings. The van der Waals surface area contributed by atoms with E-state index in [1.54, 1.807) is 55.5 Å². The maximum atomic E-state index is 11.2. The van der Waals surface area contributed by atoms with Crippen LogP contribution >= 0.6 is 0 Å². The van der Waals surface area contributed by atoms with Crippen LogP contribution in [0.2, 0.25) is 0 Å². The van der Waals surface area contributed by atoms with Gasteiger partial charge in [-0.05, 0) is 29.3 Å². The molecule has 6 nitrogen and oxygen atoms in total. The highest BCUT2D eigenvalue weighted by atomic mass is 32.2. The molecule has 8 heteroatoms. The largest absolute Gasteiger partial charge is 0.295 e. The first kappa shape index (κ1) is 20.9. The number of benzene rings is 4. The molecule has 4 aromatic carbocycles. The van der Waals surface area contributed by atoms with Crippen molar-refractivity contribution >= 4 is 41.8 Å². The molecule has 0 aliphatic heterocycles. The third-order valence-electron chi connectivity index (χ3n) is 4.36. The molecule has 0 aromatic heterocycles. The molecule has 0 aliphatic rings. The van der Waals surface area contributed by atoms with Crippen LogP contribution in [0.1, 0.15) is 5.56 Å². The first-order chi connectivity index (χ1) is 13.6. The van der Waals surface area contributed by atoms with E-state index >= 15 is 0 Å². The zero-order valence-corrected chi connectivity index (χ0v) is 17.0. The molecule has 0 bridgehead atoms. The molecule has 0 atom stereocenters. The van der Waals surface area contributed by atoms with Gasteiger partial charge in [-0.1, -0.05) is 72.8 Å². The summed E-state index contributed by atoms with van der Waals surface area (Å²) in [5.41, 5.74) is 0.552. The predicted molar refractivity (Wildman–Crippen MR) is 112 cm³/mol. The van der Waals surface area contributed by atoms with Crippen molar-refractivity contribution in [3.8, 4) is 0 Å². The van der Waals surface area contributed by atoms with E-state index in [1.807, 2.05) is 24.3 Å². The molecule has 0 saturated carbocycles. The summed E-state index contributed by atoms with van der Waals surface area (Å²) in [6.45, 7) is 1.66. The summed E-state index contributed by atoms with van der Waals surface area (Å²) in [6.07, 6.45) is 0.